The maximum Gasteiger partial charge on any atom is 0.0462 e. The van der Waals surface area contributed by atoms with Gasteiger partial charge < -0.3 is 10.5 Å². The van der Waals surface area contributed by atoms with Crippen LogP contribution in [0.25, 0.3) is 0 Å². The van der Waals surface area contributed by atoms with Crippen LogP contribution in [0.2, 0.25) is 0 Å². The van der Waals surface area contributed by atoms with E-state index in [1.54, 1.807) is 7.11 Å². The van der Waals surface area contributed by atoms with E-state index in [9.17, 15) is 0 Å². The second-order valence-corrected chi connectivity index (χ2v) is 4.30. The van der Waals surface area contributed by atoms with E-state index >= 15 is 0 Å². The molecule has 3 heteroatoms. The van der Waals surface area contributed by atoms with Gasteiger partial charge in [-0.3, -0.25) is 0 Å². The molecule has 2 N–H and O–H groups in total. The number of hydrogen-bond donors (Lipinski definition) is 1. The van der Waals surface area contributed by atoms with E-state index in [0.29, 0.717) is 6.04 Å². The van der Waals surface area contributed by atoms with Crippen molar-refractivity contribution in [3.63, 3.8) is 0 Å². The van der Waals surface area contributed by atoms with Gasteiger partial charge in [0.1, 0.15) is 0 Å². The molecule has 0 rings (SSSR count). The summed E-state index contributed by atoms with van der Waals surface area (Å²) in [6.45, 7) is 2.96. The molecule has 0 bridgehead atoms. The van der Waals surface area contributed by atoms with Gasteiger partial charge in [0.15, 0.2) is 0 Å². The molecule has 1 unspecified atom stereocenters. The Kier molecular flexibility index (Phi) is 9.57. The maximum atomic E-state index is 5.62. The lowest BCUT2D eigenvalue weighted by molar-refractivity contribution is 0.194. The van der Waals surface area contributed by atoms with Crippen molar-refractivity contribution in [2.45, 2.75) is 32.2 Å². The molecule has 0 saturated heterocycles. The van der Waals surface area contributed by atoms with Gasteiger partial charge in [0, 0.05) is 19.8 Å². The van der Waals surface area contributed by atoms with E-state index in [1.807, 2.05) is 11.8 Å². The van der Waals surface area contributed by atoms with E-state index in [1.165, 1.54) is 24.3 Å². The molecule has 0 radical (unpaired) electrons. The maximum absolute atomic E-state index is 5.62. The normalized spacial score (nSPS) is 13.2. The van der Waals surface area contributed by atoms with Gasteiger partial charge in [-0.15, -0.1) is 0 Å². The average molecular weight is 191 g/mol. The van der Waals surface area contributed by atoms with Gasteiger partial charge in [0.25, 0.3) is 0 Å². The number of unbranched alkanes of at least 4 members (excludes halogenated alkanes) is 1. The zero-order chi connectivity index (χ0) is 9.23. The van der Waals surface area contributed by atoms with E-state index in [4.69, 9.17) is 10.5 Å². The monoisotopic (exact) mass is 191 g/mol. The van der Waals surface area contributed by atoms with Crippen molar-refractivity contribution >= 4 is 11.8 Å². The molecule has 0 aliphatic heterocycles. The topological polar surface area (TPSA) is 35.2 Å². The smallest absolute Gasteiger partial charge is 0.0462 e. The van der Waals surface area contributed by atoms with Crippen molar-refractivity contribution in [1.82, 2.24) is 0 Å². The molecule has 2 nitrogen and oxygen atoms in total. The molecule has 0 aromatic rings. The van der Waals surface area contributed by atoms with Crippen molar-refractivity contribution < 1.29 is 4.74 Å². The Hall–Kier alpha value is 0.270. The summed E-state index contributed by atoms with van der Waals surface area (Å²) in [7, 11) is 1.75. The molecule has 0 aliphatic rings. The van der Waals surface area contributed by atoms with Gasteiger partial charge >= 0.3 is 0 Å². The lowest BCUT2D eigenvalue weighted by atomic mass is 10.3. The van der Waals surface area contributed by atoms with Gasteiger partial charge in [0.2, 0.25) is 0 Å². The van der Waals surface area contributed by atoms with Crippen LogP contribution in [0.15, 0.2) is 0 Å². The molecule has 0 saturated carbocycles. The lowest BCUT2D eigenvalue weighted by Crippen LogP contribution is -2.15. The van der Waals surface area contributed by atoms with E-state index < -0.39 is 0 Å². The third kappa shape index (κ3) is 10.3. The van der Waals surface area contributed by atoms with Crippen molar-refractivity contribution in [3.05, 3.63) is 0 Å². The quantitative estimate of drug-likeness (QED) is 0.595. The third-order valence-corrected chi connectivity index (χ3v) is 2.71. The zero-order valence-corrected chi connectivity index (χ0v) is 9.03. The Morgan fingerprint density at radius 2 is 2.08 bits per heavy atom. The highest BCUT2D eigenvalue weighted by atomic mass is 32.2. The molecule has 0 amide bonds. The fourth-order valence-electron chi connectivity index (χ4n) is 0.822. The first-order valence-corrected chi connectivity index (χ1v) is 5.75. The van der Waals surface area contributed by atoms with Crippen LogP contribution in [0.3, 0.4) is 0 Å². The van der Waals surface area contributed by atoms with Crippen LogP contribution in [0.1, 0.15) is 26.2 Å². The fourth-order valence-corrected chi connectivity index (χ4v) is 1.97. The van der Waals surface area contributed by atoms with Crippen molar-refractivity contribution in [2.24, 2.45) is 5.73 Å². The Labute approximate surface area is 80.2 Å². The van der Waals surface area contributed by atoms with Crippen LogP contribution >= 0.6 is 11.8 Å². The van der Waals surface area contributed by atoms with Gasteiger partial charge in [-0.1, -0.05) is 0 Å². The van der Waals surface area contributed by atoms with Gasteiger partial charge in [-0.25, -0.2) is 0 Å². The van der Waals surface area contributed by atoms with Crippen molar-refractivity contribution in [1.29, 1.82) is 0 Å². The summed E-state index contributed by atoms with van der Waals surface area (Å²) in [5.74, 6) is 2.45. The van der Waals surface area contributed by atoms with E-state index in [-0.39, 0.29) is 0 Å². The standard InChI is InChI=1S/C9H21NOS/c1-9(10)5-8-12-7-4-3-6-11-2/h9H,3-8,10H2,1-2H3. The second-order valence-electron chi connectivity index (χ2n) is 3.08. The summed E-state index contributed by atoms with van der Waals surface area (Å²) >= 11 is 2.00. The molecule has 0 spiro atoms. The van der Waals surface area contributed by atoms with Crippen LogP contribution in [0.4, 0.5) is 0 Å². The molecular formula is C9H21NOS. The molecule has 0 aromatic heterocycles. The van der Waals surface area contributed by atoms with Crippen LogP contribution < -0.4 is 5.73 Å². The minimum Gasteiger partial charge on any atom is -0.385 e. The Morgan fingerprint density at radius 1 is 1.33 bits per heavy atom. The molecule has 74 valence electrons. The van der Waals surface area contributed by atoms with Gasteiger partial charge in [-0.2, -0.15) is 11.8 Å². The lowest BCUT2D eigenvalue weighted by Gasteiger charge is -2.04. The first-order valence-electron chi connectivity index (χ1n) is 4.59. The summed E-state index contributed by atoms with van der Waals surface area (Å²) in [6, 6.07) is 0.358. The molecule has 0 aromatic carbocycles. The third-order valence-electron chi connectivity index (χ3n) is 1.60. The van der Waals surface area contributed by atoms with Crippen LogP contribution in [0, 0.1) is 0 Å². The largest absolute Gasteiger partial charge is 0.385 e. The molecule has 1 atom stereocenters. The highest BCUT2D eigenvalue weighted by molar-refractivity contribution is 7.99. The molecule has 0 heterocycles. The zero-order valence-electron chi connectivity index (χ0n) is 8.21. The summed E-state index contributed by atoms with van der Waals surface area (Å²) < 4.78 is 4.96. The predicted octanol–water partition coefficient (Wildman–Crippen LogP) is 1.88. The van der Waals surface area contributed by atoms with Crippen LogP contribution in [-0.4, -0.2) is 31.3 Å². The summed E-state index contributed by atoms with van der Waals surface area (Å²) in [4.78, 5) is 0. The molecule has 12 heavy (non-hydrogen) atoms. The van der Waals surface area contributed by atoms with Gasteiger partial charge in [-0.05, 0) is 37.7 Å². The number of nitrogens with two attached hydrogens (primary N) is 1. The number of hydrogen-bond acceptors (Lipinski definition) is 3. The van der Waals surface area contributed by atoms with Crippen molar-refractivity contribution in [2.75, 3.05) is 25.2 Å². The highest BCUT2D eigenvalue weighted by Gasteiger charge is 1.94. The van der Waals surface area contributed by atoms with Gasteiger partial charge in [0.05, 0.1) is 0 Å². The van der Waals surface area contributed by atoms with Crippen molar-refractivity contribution in [3.8, 4) is 0 Å². The van der Waals surface area contributed by atoms with Crippen LogP contribution in [0.5, 0.6) is 0 Å². The number of ether oxygens (including phenoxy) is 1. The summed E-state index contributed by atoms with van der Waals surface area (Å²) in [5.41, 5.74) is 5.62. The minimum absolute atomic E-state index is 0.358. The number of rotatable bonds is 8. The highest BCUT2D eigenvalue weighted by Crippen LogP contribution is 2.07. The van der Waals surface area contributed by atoms with Crippen LogP contribution in [-0.2, 0) is 4.74 Å². The second kappa shape index (κ2) is 9.36. The Bertz CT molecular complexity index is 88.6. The number of methoxy groups -OCH3 is 1. The first kappa shape index (κ1) is 12.3. The van der Waals surface area contributed by atoms with E-state index in [0.717, 1.165) is 13.0 Å². The molecule has 0 aliphatic carbocycles. The first-order chi connectivity index (χ1) is 5.77. The number of thioether (sulfide) groups is 1. The predicted molar refractivity (Wildman–Crippen MR) is 56.7 cm³/mol. The SMILES string of the molecule is COCCCCSCCC(C)N. The Balaban J connectivity index is 2.82. The minimum atomic E-state index is 0.358. The van der Waals surface area contributed by atoms with E-state index in [2.05, 4.69) is 6.92 Å². The summed E-state index contributed by atoms with van der Waals surface area (Å²) in [5, 5.41) is 0. The molecule has 0 fully saturated rings. The Morgan fingerprint density at radius 3 is 2.67 bits per heavy atom. The average Bonchev–Trinajstić information content (AvgIpc) is 2.02. The summed E-state index contributed by atoms with van der Waals surface area (Å²) in [6.07, 6.45) is 3.58. The fraction of sp³-hybridized carbons (Fsp3) is 1.00. The molecular weight excluding hydrogens is 170 g/mol.